The lowest BCUT2D eigenvalue weighted by atomic mass is 10.2. The molecule has 1 atom stereocenters. The second-order valence-electron chi connectivity index (χ2n) is 3.12. The number of rotatable bonds is 3. The molecule has 1 fully saturated rings. The Balaban J connectivity index is 2.30. The topological polar surface area (TPSA) is 62.3 Å². The standard InChI is InChI=1S/C8H17N3O/c1-2-11-3-4-12-7(6-11)5-8(9)10/h7H,2-6H2,1H3,(H3,9,10). The molecule has 1 aliphatic heterocycles. The Morgan fingerprint density at radius 2 is 2.50 bits per heavy atom. The van der Waals surface area contributed by atoms with Gasteiger partial charge in [-0.1, -0.05) is 6.92 Å². The predicted molar refractivity (Wildman–Crippen MR) is 48.4 cm³/mol. The first-order chi connectivity index (χ1) is 5.72. The van der Waals surface area contributed by atoms with E-state index in [1.165, 1.54) is 0 Å². The molecule has 0 aromatic heterocycles. The van der Waals surface area contributed by atoms with E-state index in [2.05, 4.69) is 11.8 Å². The van der Waals surface area contributed by atoms with Crippen molar-refractivity contribution in [2.45, 2.75) is 19.4 Å². The first-order valence-electron chi connectivity index (χ1n) is 4.39. The lowest BCUT2D eigenvalue weighted by molar-refractivity contribution is -0.0224. The van der Waals surface area contributed by atoms with E-state index in [9.17, 15) is 0 Å². The van der Waals surface area contributed by atoms with Gasteiger partial charge in [-0.15, -0.1) is 0 Å². The van der Waals surface area contributed by atoms with Crippen LogP contribution >= 0.6 is 0 Å². The van der Waals surface area contributed by atoms with Gasteiger partial charge in [-0.3, -0.25) is 10.3 Å². The highest BCUT2D eigenvalue weighted by Crippen LogP contribution is 2.07. The van der Waals surface area contributed by atoms with E-state index in [4.69, 9.17) is 15.9 Å². The van der Waals surface area contributed by atoms with Gasteiger partial charge in [0.25, 0.3) is 0 Å². The van der Waals surface area contributed by atoms with E-state index in [1.807, 2.05) is 0 Å². The van der Waals surface area contributed by atoms with E-state index in [1.54, 1.807) is 0 Å². The van der Waals surface area contributed by atoms with Crippen molar-refractivity contribution in [3.8, 4) is 0 Å². The van der Waals surface area contributed by atoms with E-state index in [-0.39, 0.29) is 11.9 Å². The summed E-state index contributed by atoms with van der Waals surface area (Å²) in [6, 6.07) is 0. The third-order valence-corrected chi connectivity index (χ3v) is 2.12. The van der Waals surface area contributed by atoms with Crippen LogP contribution in [0.15, 0.2) is 0 Å². The zero-order valence-electron chi connectivity index (χ0n) is 7.55. The highest BCUT2D eigenvalue weighted by Gasteiger charge is 2.19. The molecule has 0 saturated carbocycles. The first-order valence-corrected chi connectivity index (χ1v) is 4.39. The van der Waals surface area contributed by atoms with Crippen molar-refractivity contribution < 1.29 is 4.74 Å². The summed E-state index contributed by atoms with van der Waals surface area (Å²) in [6.07, 6.45) is 0.701. The van der Waals surface area contributed by atoms with Gasteiger partial charge in [0.2, 0.25) is 0 Å². The van der Waals surface area contributed by atoms with Crippen LogP contribution in [0, 0.1) is 5.41 Å². The van der Waals surface area contributed by atoms with Crippen LogP contribution in [0.2, 0.25) is 0 Å². The average molecular weight is 171 g/mol. The fourth-order valence-electron chi connectivity index (χ4n) is 1.44. The lowest BCUT2D eigenvalue weighted by Crippen LogP contribution is -2.43. The van der Waals surface area contributed by atoms with Crippen molar-refractivity contribution in [2.75, 3.05) is 26.2 Å². The minimum absolute atomic E-state index is 0.135. The van der Waals surface area contributed by atoms with E-state index in [0.29, 0.717) is 6.42 Å². The number of ether oxygens (including phenoxy) is 1. The van der Waals surface area contributed by atoms with Gasteiger partial charge >= 0.3 is 0 Å². The maximum Gasteiger partial charge on any atom is 0.0931 e. The average Bonchev–Trinajstić information content (AvgIpc) is 2.03. The van der Waals surface area contributed by atoms with Crippen LogP contribution in [0.1, 0.15) is 13.3 Å². The second kappa shape index (κ2) is 4.42. The maximum absolute atomic E-state index is 7.13. The smallest absolute Gasteiger partial charge is 0.0931 e. The number of nitrogens with one attached hydrogen (secondary N) is 1. The van der Waals surface area contributed by atoms with Gasteiger partial charge < -0.3 is 10.5 Å². The Hall–Kier alpha value is -0.610. The van der Waals surface area contributed by atoms with Crippen molar-refractivity contribution in [3.05, 3.63) is 0 Å². The number of nitrogens with zero attached hydrogens (tertiary/aromatic N) is 1. The number of hydrogen-bond acceptors (Lipinski definition) is 3. The summed E-state index contributed by atoms with van der Waals surface area (Å²) < 4.78 is 5.46. The Labute approximate surface area is 73.2 Å². The fourth-order valence-corrected chi connectivity index (χ4v) is 1.44. The Kier molecular flexibility index (Phi) is 3.49. The van der Waals surface area contributed by atoms with Gasteiger partial charge in [0.05, 0.1) is 18.5 Å². The summed E-state index contributed by atoms with van der Waals surface area (Å²) in [4.78, 5) is 2.32. The molecule has 0 spiro atoms. The quantitative estimate of drug-likeness (QED) is 0.465. The molecular weight excluding hydrogens is 154 g/mol. The van der Waals surface area contributed by atoms with Crippen molar-refractivity contribution in [1.29, 1.82) is 5.41 Å². The molecule has 1 rings (SSSR count). The van der Waals surface area contributed by atoms with Crippen LogP contribution in [-0.2, 0) is 4.74 Å². The van der Waals surface area contributed by atoms with Crippen molar-refractivity contribution in [2.24, 2.45) is 5.73 Å². The molecule has 0 aliphatic carbocycles. The third kappa shape index (κ3) is 2.79. The molecule has 4 nitrogen and oxygen atoms in total. The lowest BCUT2D eigenvalue weighted by Gasteiger charge is -2.31. The fraction of sp³-hybridized carbons (Fsp3) is 0.875. The van der Waals surface area contributed by atoms with Crippen LogP contribution in [-0.4, -0.2) is 43.1 Å². The zero-order chi connectivity index (χ0) is 8.97. The van der Waals surface area contributed by atoms with Crippen molar-refractivity contribution >= 4 is 5.84 Å². The van der Waals surface area contributed by atoms with E-state index >= 15 is 0 Å². The van der Waals surface area contributed by atoms with Crippen molar-refractivity contribution in [3.63, 3.8) is 0 Å². The minimum Gasteiger partial charge on any atom is -0.388 e. The number of nitrogens with two attached hydrogens (primary N) is 1. The molecule has 0 bridgehead atoms. The number of hydrogen-bond donors (Lipinski definition) is 2. The molecular formula is C8H17N3O. The minimum atomic E-state index is 0.135. The summed E-state index contributed by atoms with van der Waals surface area (Å²) >= 11 is 0. The molecule has 0 radical (unpaired) electrons. The van der Waals surface area contributed by atoms with Gasteiger partial charge in [-0.25, -0.2) is 0 Å². The number of likely N-dealkylation sites (N-methyl/N-ethyl adjacent to an activating group) is 1. The summed E-state index contributed by atoms with van der Waals surface area (Å²) in [6.45, 7) is 5.88. The number of morpholine rings is 1. The van der Waals surface area contributed by atoms with Crippen LogP contribution in [0.4, 0.5) is 0 Å². The maximum atomic E-state index is 7.13. The van der Waals surface area contributed by atoms with E-state index < -0.39 is 0 Å². The third-order valence-electron chi connectivity index (χ3n) is 2.12. The Bertz CT molecular complexity index is 160. The van der Waals surface area contributed by atoms with Gasteiger partial charge in [-0.05, 0) is 6.54 Å². The van der Waals surface area contributed by atoms with Crippen LogP contribution in [0.25, 0.3) is 0 Å². The summed E-state index contributed by atoms with van der Waals surface area (Å²) in [5.41, 5.74) is 5.29. The molecule has 0 amide bonds. The molecule has 1 heterocycles. The normalized spacial score (nSPS) is 25.6. The SMILES string of the molecule is CCN1CCOC(CC(=N)N)C1. The van der Waals surface area contributed by atoms with Gasteiger partial charge in [-0.2, -0.15) is 0 Å². The molecule has 3 N–H and O–H groups in total. The Morgan fingerprint density at radius 1 is 1.75 bits per heavy atom. The molecule has 12 heavy (non-hydrogen) atoms. The largest absolute Gasteiger partial charge is 0.388 e. The molecule has 0 aromatic carbocycles. The monoisotopic (exact) mass is 171 g/mol. The molecule has 0 aromatic rings. The molecule has 1 unspecified atom stereocenters. The zero-order valence-corrected chi connectivity index (χ0v) is 7.55. The molecule has 1 aliphatic rings. The van der Waals surface area contributed by atoms with Gasteiger partial charge in [0, 0.05) is 19.5 Å². The van der Waals surface area contributed by atoms with Crippen LogP contribution in [0.5, 0.6) is 0 Å². The highest BCUT2D eigenvalue weighted by atomic mass is 16.5. The van der Waals surface area contributed by atoms with Crippen LogP contribution in [0.3, 0.4) is 0 Å². The van der Waals surface area contributed by atoms with Crippen molar-refractivity contribution in [1.82, 2.24) is 4.90 Å². The first kappa shape index (κ1) is 9.48. The summed E-state index contributed by atoms with van der Waals surface area (Å²) in [5, 5.41) is 7.13. The summed E-state index contributed by atoms with van der Waals surface area (Å²) in [5.74, 6) is 0.220. The summed E-state index contributed by atoms with van der Waals surface area (Å²) in [7, 11) is 0. The van der Waals surface area contributed by atoms with Crippen LogP contribution < -0.4 is 5.73 Å². The van der Waals surface area contributed by atoms with Gasteiger partial charge in [0.15, 0.2) is 0 Å². The molecule has 4 heteroatoms. The molecule has 1 saturated heterocycles. The van der Waals surface area contributed by atoms with E-state index in [0.717, 1.165) is 26.2 Å². The van der Waals surface area contributed by atoms with Gasteiger partial charge in [0.1, 0.15) is 0 Å². The predicted octanol–water partition coefficient (Wildman–Crippen LogP) is 0.0332. The highest BCUT2D eigenvalue weighted by molar-refractivity contribution is 5.77. The Morgan fingerprint density at radius 3 is 3.08 bits per heavy atom. The second-order valence-corrected chi connectivity index (χ2v) is 3.12. The number of amidine groups is 1. The molecule has 70 valence electrons.